The zero-order chi connectivity index (χ0) is 22.4. The molecule has 0 aliphatic rings. The third kappa shape index (κ3) is 6.58. The van der Waals surface area contributed by atoms with Gasteiger partial charge in [-0.05, 0) is 68.1 Å². The Morgan fingerprint density at radius 1 is 0.968 bits per heavy atom. The topological polar surface area (TPSA) is 84.0 Å². The number of hydrogen-bond donors (Lipinski definition) is 2. The Kier molecular flexibility index (Phi) is 7.30. The predicted octanol–water partition coefficient (Wildman–Crippen LogP) is 4.28. The van der Waals surface area contributed by atoms with E-state index in [0.717, 1.165) is 28.4 Å². The van der Waals surface area contributed by atoms with E-state index in [2.05, 4.69) is 20.6 Å². The molecular weight excluding hydrogens is 422 g/mol. The van der Waals surface area contributed by atoms with Gasteiger partial charge in [-0.25, -0.2) is 18.7 Å². The normalized spacial score (nSPS) is 10.6. The Hall–Kier alpha value is -3.33. The number of aryl methyl sites for hydroxylation is 2. The number of nitrogens with zero attached hydrogens (tertiary/aromatic N) is 2. The molecule has 6 nitrogen and oxygen atoms in total. The standard InChI is InChI=1S/C22H20F2N4O2S/c1-13-11-14(2)27-22(26-13)31-17-6-4-16(5-7-17)28-20(29)9-10-25-21(30)18-8-3-15(23)12-19(18)24/h3-8,11-12H,9-10H2,1-2H3,(H,25,30)(H,28,29). The van der Waals surface area contributed by atoms with Crippen LogP contribution in [0.1, 0.15) is 28.2 Å². The second-order valence-corrected chi connectivity index (χ2v) is 7.78. The molecule has 0 fully saturated rings. The molecule has 2 aromatic carbocycles. The number of nitrogens with one attached hydrogen (secondary N) is 2. The average molecular weight is 442 g/mol. The highest BCUT2D eigenvalue weighted by molar-refractivity contribution is 7.99. The fourth-order valence-corrected chi connectivity index (χ4v) is 3.60. The van der Waals surface area contributed by atoms with Gasteiger partial charge in [0.15, 0.2) is 5.16 Å². The summed E-state index contributed by atoms with van der Waals surface area (Å²) in [6.07, 6.45) is 0.00145. The molecule has 1 heterocycles. The van der Waals surface area contributed by atoms with Gasteiger partial charge in [-0.15, -0.1) is 0 Å². The van der Waals surface area contributed by atoms with Gasteiger partial charge in [0.25, 0.3) is 5.91 Å². The summed E-state index contributed by atoms with van der Waals surface area (Å²) in [5.41, 5.74) is 2.12. The zero-order valence-corrected chi connectivity index (χ0v) is 17.7. The van der Waals surface area contributed by atoms with Crippen molar-refractivity contribution < 1.29 is 18.4 Å². The molecule has 3 rings (SSSR count). The van der Waals surface area contributed by atoms with Crippen molar-refractivity contribution in [3.05, 3.63) is 77.1 Å². The van der Waals surface area contributed by atoms with Crippen LogP contribution in [-0.2, 0) is 4.79 Å². The molecular formula is C22H20F2N4O2S. The largest absolute Gasteiger partial charge is 0.351 e. The van der Waals surface area contributed by atoms with Gasteiger partial charge in [-0.2, -0.15) is 0 Å². The van der Waals surface area contributed by atoms with Crippen molar-refractivity contribution in [2.24, 2.45) is 0 Å². The molecule has 31 heavy (non-hydrogen) atoms. The highest BCUT2D eigenvalue weighted by Crippen LogP contribution is 2.26. The maximum Gasteiger partial charge on any atom is 0.254 e. The molecule has 0 saturated heterocycles. The highest BCUT2D eigenvalue weighted by Gasteiger charge is 2.12. The second-order valence-electron chi connectivity index (χ2n) is 6.74. The van der Waals surface area contributed by atoms with Gasteiger partial charge in [0.05, 0.1) is 5.56 Å². The summed E-state index contributed by atoms with van der Waals surface area (Å²) in [7, 11) is 0. The van der Waals surface area contributed by atoms with Crippen LogP contribution >= 0.6 is 11.8 Å². The maximum atomic E-state index is 13.6. The van der Waals surface area contributed by atoms with Gasteiger partial charge in [0.2, 0.25) is 5.91 Å². The Labute approximate surface area is 182 Å². The van der Waals surface area contributed by atoms with E-state index in [9.17, 15) is 18.4 Å². The molecule has 0 aliphatic carbocycles. The molecule has 0 atom stereocenters. The van der Waals surface area contributed by atoms with Crippen LogP contribution in [0.25, 0.3) is 0 Å². The first-order chi connectivity index (χ1) is 14.8. The van der Waals surface area contributed by atoms with E-state index < -0.39 is 17.5 Å². The van der Waals surface area contributed by atoms with E-state index in [1.54, 1.807) is 12.1 Å². The molecule has 0 unspecified atom stereocenters. The van der Waals surface area contributed by atoms with Crippen LogP contribution < -0.4 is 10.6 Å². The van der Waals surface area contributed by atoms with Crippen LogP contribution in [0.3, 0.4) is 0 Å². The SMILES string of the molecule is Cc1cc(C)nc(Sc2ccc(NC(=O)CCNC(=O)c3ccc(F)cc3F)cc2)n1. The minimum absolute atomic E-state index is 0.00145. The molecule has 2 N–H and O–H groups in total. The first-order valence-electron chi connectivity index (χ1n) is 9.43. The number of hydrogen-bond acceptors (Lipinski definition) is 5. The van der Waals surface area contributed by atoms with Crippen LogP contribution in [0.5, 0.6) is 0 Å². The first kappa shape index (κ1) is 22.4. The smallest absolute Gasteiger partial charge is 0.254 e. The molecule has 0 bridgehead atoms. The lowest BCUT2D eigenvalue weighted by atomic mass is 10.2. The van der Waals surface area contributed by atoms with Crippen molar-refractivity contribution in [2.75, 3.05) is 11.9 Å². The lowest BCUT2D eigenvalue weighted by Gasteiger charge is -2.08. The van der Waals surface area contributed by atoms with Gasteiger partial charge < -0.3 is 10.6 Å². The van der Waals surface area contributed by atoms with Crippen LogP contribution in [0.2, 0.25) is 0 Å². The summed E-state index contributed by atoms with van der Waals surface area (Å²) in [4.78, 5) is 33.7. The van der Waals surface area contributed by atoms with Crippen molar-refractivity contribution in [3.63, 3.8) is 0 Å². The van der Waals surface area contributed by atoms with E-state index >= 15 is 0 Å². The fourth-order valence-electron chi connectivity index (χ4n) is 2.73. The van der Waals surface area contributed by atoms with Crippen molar-refractivity contribution in [1.82, 2.24) is 15.3 Å². The molecule has 2 amide bonds. The van der Waals surface area contributed by atoms with E-state index in [1.807, 2.05) is 32.0 Å². The number of benzene rings is 2. The molecule has 1 aromatic heterocycles. The lowest BCUT2D eigenvalue weighted by molar-refractivity contribution is -0.116. The van der Waals surface area contributed by atoms with Crippen LogP contribution in [0.15, 0.2) is 58.6 Å². The van der Waals surface area contributed by atoms with Crippen LogP contribution in [-0.4, -0.2) is 28.3 Å². The first-order valence-corrected chi connectivity index (χ1v) is 10.2. The van der Waals surface area contributed by atoms with E-state index in [4.69, 9.17) is 0 Å². The molecule has 3 aromatic rings. The number of aromatic nitrogens is 2. The maximum absolute atomic E-state index is 13.6. The summed E-state index contributed by atoms with van der Waals surface area (Å²) in [5.74, 6) is -2.73. The number of carbonyl (C=O) groups excluding carboxylic acids is 2. The number of carbonyl (C=O) groups is 2. The molecule has 160 valence electrons. The summed E-state index contributed by atoms with van der Waals surface area (Å²) in [6.45, 7) is 3.84. The monoisotopic (exact) mass is 442 g/mol. The van der Waals surface area contributed by atoms with E-state index in [1.165, 1.54) is 11.8 Å². The van der Waals surface area contributed by atoms with E-state index in [0.29, 0.717) is 16.9 Å². The van der Waals surface area contributed by atoms with Gasteiger partial charge in [-0.1, -0.05) is 0 Å². The lowest BCUT2D eigenvalue weighted by Crippen LogP contribution is -2.28. The van der Waals surface area contributed by atoms with Gasteiger partial charge in [-0.3, -0.25) is 9.59 Å². The molecule has 0 spiro atoms. The molecule has 9 heteroatoms. The molecule has 0 radical (unpaired) electrons. The third-order valence-electron chi connectivity index (χ3n) is 4.12. The Morgan fingerprint density at radius 3 is 2.29 bits per heavy atom. The number of halogens is 2. The zero-order valence-electron chi connectivity index (χ0n) is 16.9. The third-order valence-corrected chi connectivity index (χ3v) is 5.00. The van der Waals surface area contributed by atoms with Crippen LogP contribution in [0.4, 0.5) is 14.5 Å². The molecule has 0 aliphatic heterocycles. The van der Waals surface area contributed by atoms with Crippen LogP contribution in [0, 0.1) is 25.5 Å². The Bertz CT molecular complexity index is 1090. The number of rotatable bonds is 7. The number of amides is 2. The van der Waals surface area contributed by atoms with Gasteiger partial charge in [0, 0.05) is 41.0 Å². The Balaban J connectivity index is 1.47. The summed E-state index contributed by atoms with van der Waals surface area (Å²) < 4.78 is 26.5. The quantitative estimate of drug-likeness (QED) is 0.534. The number of anilines is 1. The minimum atomic E-state index is -0.953. The summed E-state index contributed by atoms with van der Waals surface area (Å²) >= 11 is 1.42. The summed E-state index contributed by atoms with van der Waals surface area (Å²) in [5, 5.41) is 5.83. The minimum Gasteiger partial charge on any atom is -0.351 e. The predicted molar refractivity (Wildman–Crippen MR) is 114 cm³/mol. The van der Waals surface area contributed by atoms with Crippen molar-refractivity contribution >= 4 is 29.3 Å². The Morgan fingerprint density at radius 2 is 1.65 bits per heavy atom. The second kappa shape index (κ2) is 10.1. The van der Waals surface area contributed by atoms with Crippen molar-refractivity contribution in [2.45, 2.75) is 30.3 Å². The average Bonchev–Trinajstić information content (AvgIpc) is 2.68. The van der Waals surface area contributed by atoms with Crippen molar-refractivity contribution in [1.29, 1.82) is 0 Å². The molecule has 0 saturated carbocycles. The highest BCUT2D eigenvalue weighted by atomic mass is 32.2. The fraction of sp³-hybridized carbons (Fsp3) is 0.182. The van der Waals surface area contributed by atoms with Gasteiger partial charge >= 0.3 is 0 Å². The summed E-state index contributed by atoms with van der Waals surface area (Å²) in [6, 6.07) is 11.8. The van der Waals surface area contributed by atoms with Gasteiger partial charge in [0.1, 0.15) is 11.6 Å². The van der Waals surface area contributed by atoms with Crippen molar-refractivity contribution in [3.8, 4) is 0 Å². The van der Waals surface area contributed by atoms with E-state index in [-0.39, 0.29) is 24.4 Å².